The predicted molar refractivity (Wildman–Crippen MR) is 87.6 cm³/mol. The third kappa shape index (κ3) is 3.45. The van der Waals surface area contributed by atoms with Gasteiger partial charge in [0.1, 0.15) is 0 Å². The highest BCUT2D eigenvalue weighted by atomic mass is 32.1. The highest BCUT2D eigenvalue weighted by Crippen LogP contribution is 2.17. The van der Waals surface area contributed by atoms with Crippen LogP contribution in [0.5, 0.6) is 0 Å². The van der Waals surface area contributed by atoms with E-state index < -0.39 is 0 Å². The molecule has 114 valence electrons. The number of aromatic nitrogens is 2. The lowest BCUT2D eigenvalue weighted by atomic mass is 10.2. The fraction of sp³-hybridized carbons (Fsp3) is 0.375. The molecule has 1 aliphatic heterocycles. The minimum atomic E-state index is 0.407. The largest absolute Gasteiger partial charge is 0.409 e. The number of nitrogens with zero attached hydrogens (tertiary/aromatic N) is 4. The first-order valence-corrected chi connectivity index (χ1v) is 7.68. The SMILES string of the molecule is C#CCN1CCN(Cn2nc(-c3ccccc3)oc2=S)CC1. The molecule has 3 rings (SSSR count). The van der Waals surface area contributed by atoms with E-state index in [-0.39, 0.29) is 0 Å². The zero-order valence-corrected chi connectivity index (χ0v) is 13.1. The number of hydrogen-bond donors (Lipinski definition) is 0. The molecule has 6 heteroatoms. The number of hydrogen-bond acceptors (Lipinski definition) is 5. The summed E-state index contributed by atoms with van der Waals surface area (Å²) < 4.78 is 7.35. The third-order valence-electron chi connectivity index (χ3n) is 3.74. The Morgan fingerprint density at radius 1 is 1.14 bits per heavy atom. The topological polar surface area (TPSA) is 37.4 Å². The molecule has 2 heterocycles. The molecule has 1 aromatic carbocycles. The first kappa shape index (κ1) is 15.0. The van der Waals surface area contributed by atoms with Gasteiger partial charge in [-0.1, -0.05) is 24.1 Å². The average Bonchev–Trinajstić information content (AvgIpc) is 2.91. The Labute approximate surface area is 135 Å². The molecule has 0 spiro atoms. The number of rotatable bonds is 4. The van der Waals surface area contributed by atoms with Gasteiger partial charge in [0.25, 0.3) is 4.84 Å². The molecule has 0 saturated carbocycles. The van der Waals surface area contributed by atoms with Gasteiger partial charge in [-0.05, 0) is 24.4 Å². The van der Waals surface area contributed by atoms with Crippen molar-refractivity contribution in [2.24, 2.45) is 0 Å². The molecule has 0 N–H and O–H groups in total. The maximum Gasteiger partial charge on any atom is 0.288 e. The summed E-state index contributed by atoms with van der Waals surface area (Å²) in [6, 6.07) is 9.80. The second kappa shape index (κ2) is 6.88. The van der Waals surface area contributed by atoms with Gasteiger partial charge in [0.2, 0.25) is 5.89 Å². The zero-order chi connectivity index (χ0) is 15.4. The number of piperazine rings is 1. The van der Waals surface area contributed by atoms with Crippen molar-refractivity contribution in [2.75, 3.05) is 32.7 Å². The van der Waals surface area contributed by atoms with E-state index in [0.29, 0.717) is 17.4 Å². The molecule has 1 aliphatic rings. The van der Waals surface area contributed by atoms with E-state index in [2.05, 4.69) is 20.8 Å². The molecule has 0 aliphatic carbocycles. The van der Waals surface area contributed by atoms with Gasteiger partial charge in [-0.3, -0.25) is 9.80 Å². The third-order valence-corrected chi connectivity index (χ3v) is 4.03. The Kier molecular flexibility index (Phi) is 4.68. The highest BCUT2D eigenvalue weighted by molar-refractivity contribution is 7.71. The van der Waals surface area contributed by atoms with E-state index in [1.165, 1.54) is 0 Å². The van der Waals surface area contributed by atoms with Gasteiger partial charge in [0.05, 0.1) is 13.2 Å². The standard InChI is InChI=1S/C16H18N4OS/c1-2-8-18-9-11-19(12-10-18)13-20-16(22)21-15(17-20)14-6-4-3-5-7-14/h1,3-7H,8-13H2. The van der Waals surface area contributed by atoms with Crippen LogP contribution >= 0.6 is 12.2 Å². The van der Waals surface area contributed by atoms with Crippen LogP contribution in [0.25, 0.3) is 11.5 Å². The van der Waals surface area contributed by atoms with Crippen molar-refractivity contribution in [3.63, 3.8) is 0 Å². The van der Waals surface area contributed by atoms with Crippen LogP contribution in [0.4, 0.5) is 0 Å². The Balaban J connectivity index is 1.66. The van der Waals surface area contributed by atoms with Crippen LogP contribution in [0.2, 0.25) is 0 Å². The summed E-state index contributed by atoms with van der Waals surface area (Å²) >= 11 is 5.28. The molecule has 5 nitrogen and oxygen atoms in total. The summed E-state index contributed by atoms with van der Waals surface area (Å²) in [6.45, 7) is 5.23. The van der Waals surface area contributed by atoms with E-state index >= 15 is 0 Å². The molecule has 0 amide bonds. The summed E-state index contributed by atoms with van der Waals surface area (Å²) in [4.78, 5) is 4.98. The first-order chi connectivity index (χ1) is 10.8. The first-order valence-electron chi connectivity index (χ1n) is 7.28. The minimum Gasteiger partial charge on any atom is -0.409 e. The van der Waals surface area contributed by atoms with Crippen LogP contribution < -0.4 is 0 Å². The van der Waals surface area contributed by atoms with E-state index in [0.717, 1.165) is 38.3 Å². The molecular weight excluding hydrogens is 296 g/mol. The van der Waals surface area contributed by atoms with Crippen molar-refractivity contribution in [1.82, 2.24) is 19.6 Å². The second-order valence-corrected chi connectivity index (χ2v) is 5.63. The zero-order valence-electron chi connectivity index (χ0n) is 12.3. The Bertz CT molecular complexity index is 708. The average molecular weight is 314 g/mol. The summed E-state index contributed by atoms with van der Waals surface area (Å²) in [7, 11) is 0. The lowest BCUT2D eigenvalue weighted by Gasteiger charge is -2.33. The molecule has 1 aromatic heterocycles. The molecule has 1 fully saturated rings. The summed E-state index contributed by atoms with van der Waals surface area (Å²) in [5, 5.41) is 4.49. The minimum absolute atomic E-state index is 0.407. The second-order valence-electron chi connectivity index (χ2n) is 5.28. The molecular formula is C16H18N4OS. The van der Waals surface area contributed by atoms with E-state index in [1.54, 1.807) is 4.68 Å². The summed E-state index contributed by atoms with van der Waals surface area (Å²) in [5.41, 5.74) is 0.936. The van der Waals surface area contributed by atoms with E-state index in [4.69, 9.17) is 23.1 Å². The monoisotopic (exact) mass is 314 g/mol. The van der Waals surface area contributed by atoms with Crippen LogP contribution in [0.3, 0.4) is 0 Å². The fourth-order valence-electron chi connectivity index (χ4n) is 2.50. The van der Waals surface area contributed by atoms with Gasteiger partial charge in [-0.2, -0.15) is 0 Å². The fourth-order valence-corrected chi connectivity index (χ4v) is 2.68. The van der Waals surface area contributed by atoms with Crippen LogP contribution in [0, 0.1) is 17.2 Å². The Hall–Kier alpha value is -1.94. The van der Waals surface area contributed by atoms with Gasteiger partial charge >= 0.3 is 0 Å². The van der Waals surface area contributed by atoms with Crippen LogP contribution in [0.1, 0.15) is 0 Å². The number of terminal acetylenes is 1. The summed E-state index contributed by atoms with van der Waals surface area (Å²) in [6.07, 6.45) is 5.35. The van der Waals surface area contributed by atoms with E-state index in [9.17, 15) is 0 Å². The predicted octanol–water partition coefficient (Wildman–Crippen LogP) is 2.08. The van der Waals surface area contributed by atoms with Crippen molar-refractivity contribution in [3.05, 3.63) is 35.2 Å². The molecule has 0 radical (unpaired) electrons. The molecule has 22 heavy (non-hydrogen) atoms. The van der Waals surface area contributed by atoms with Crippen molar-refractivity contribution in [3.8, 4) is 23.8 Å². The van der Waals surface area contributed by atoms with Crippen molar-refractivity contribution >= 4 is 12.2 Å². The van der Waals surface area contributed by atoms with Gasteiger partial charge in [0.15, 0.2) is 0 Å². The van der Waals surface area contributed by atoms with Crippen LogP contribution in [-0.4, -0.2) is 52.3 Å². The molecule has 0 atom stereocenters. The molecule has 2 aromatic rings. The quantitative estimate of drug-likeness (QED) is 0.638. The van der Waals surface area contributed by atoms with Gasteiger partial charge in [-0.25, -0.2) is 4.68 Å². The maximum absolute atomic E-state index is 5.60. The van der Waals surface area contributed by atoms with Crippen LogP contribution in [-0.2, 0) is 6.67 Å². The highest BCUT2D eigenvalue weighted by Gasteiger charge is 2.17. The van der Waals surface area contributed by atoms with E-state index in [1.807, 2.05) is 30.3 Å². The number of benzene rings is 1. The van der Waals surface area contributed by atoms with Crippen LogP contribution in [0.15, 0.2) is 34.7 Å². The summed E-state index contributed by atoms with van der Waals surface area (Å²) in [5.74, 6) is 3.26. The Morgan fingerprint density at radius 2 is 1.82 bits per heavy atom. The van der Waals surface area contributed by atoms with Gasteiger partial charge in [0, 0.05) is 31.7 Å². The van der Waals surface area contributed by atoms with Crippen molar-refractivity contribution in [1.29, 1.82) is 0 Å². The van der Waals surface area contributed by atoms with Crippen molar-refractivity contribution in [2.45, 2.75) is 6.67 Å². The normalized spacial score (nSPS) is 16.5. The van der Waals surface area contributed by atoms with Gasteiger partial charge in [-0.15, -0.1) is 11.5 Å². The maximum atomic E-state index is 5.60. The van der Waals surface area contributed by atoms with Crippen molar-refractivity contribution < 1.29 is 4.42 Å². The van der Waals surface area contributed by atoms with Gasteiger partial charge < -0.3 is 4.42 Å². The smallest absolute Gasteiger partial charge is 0.288 e. The lowest BCUT2D eigenvalue weighted by molar-refractivity contribution is 0.110. The molecule has 0 bridgehead atoms. The Morgan fingerprint density at radius 3 is 2.50 bits per heavy atom. The lowest BCUT2D eigenvalue weighted by Crippen LogP contribution is -2.46. The molecule has 0 unspecified atom stereocenters. The molecule has 1 saturated heterocycles.